The van der Waals surface area contributed by atoms with E-state index in [0.29, 0.717) is 35.2 Å². The molecule has 1 fully saturated rings. The van der Waals surface area contributed by atoms with E-state index in [-0.39, 0.29) is 17.8 Å². The number of amides is 1. The maximum atomic E-state index is 13.1. The van der Waals surface area contributed by atoms with Gasteiger partial charge in [-0.25, -0.2) is 9.79 Å². The van der Waals surface area contributed by atoms with E-state index in [1.165, 1.54) is 11.8 Å². The largest absolute Gasteiger partial charge is 0.489 e. The number of carbonyl (C=O) groups excluding carboxylic acids is 2. The van der Waals surface area contributed by atoms with Gasteiger partial charge in [-0.15, -0.1) is 0 Å². The molecule has 7 heteroatoms. The maximum absolute atomic E-state index is 13.1. The third-order valence-electron chi connectivity index (χ3n) is 5.46. The average Bonchev–Trinajstić information content (AvgIpc) is 3.13. The zero-order chi connectivity index (χ0) is 22.7. The maximum Gasteiger partial charge on any atom is 0.338 e. The summed E-state index contributed by atoms with van der Waals surface area (Å²) in [6, 6.07) is 16.9. The molecule has 0 aliphatic carbocycles. The summed E-state index contributed by atoms with van der Waals surface area (Å²) >= 11 is 1.46. The number of hydrogen-bond donors (Lipinski definition) is 0. The Kier molecular flexibility index (Phi) is 6.65. The summed E-state index contributed by atoms with van der Waals surface area (Å²) in [7, 11) is 0. The summed E-state index contributed by atoms with van der Waals surface area (Å²) in [4.78, 5) is 32.2. The quantitative estimate of drug-likeness (QED) is 0.563. The average molecular weight is 451 g/mol. The van der Waals surface area contributed by atoms with Crippen molar-refractivity contribution in [2.24, 2.45) is 4.99 Å². The first-order chi connectivity index (χ1) is 15.5. The van der Waals surface area contributed by atoms with Crippen molar-refractivity contribution in [2.75, 3.05) is 6.61 Å². The number of esters is 1. The van der Waals surface area contributed by atoms with Crippen LogP contribution in [0.3, 0.4) is 0 Å². The molecule has 0 aromatic heterocycles. The summed E-state index contributed by atoms with van der Waals surface area (Å²) in [5.74, 6) is 0.245. The van der Waals surface area contributed by atoms with Gasteiger partial charge in [0.1, 0.15) is 12.4 Å². The summed E-state index contributed by atoms with van der Waals surface area (Å²) in [5.41, 5.74) is 2.89. The molecule has 1 amide bonds. The molecule has 6 nitrogen and oxygen atoms in total. The molecule has 166 valence electrons. The van der Waals surface area contributed by atoms with Crippen molar-refractivity contribution in [3.63, 3.8) is 0 Å². The third-order valence-corrected chi connectivity index (χ3v) is 6.78. The number of amidine groups is 1. The van der Waals surface area contributed by atoms with Crippen LogP contribution in [-0.4, -0.2) is 33.8 Å². The normalized spacial score (nSPS) is 20.2. The number of ether oxygens (including phenoxy) is 2. The number of fused-ring (bicyclic) bond motifs is 1. The monoisotopic (exact) mass is 450 g/mol. The molecule has 2 aliphatic heterocycles. The first kappa shape index (κ1) is 22.1. The zero-order valence-electron chi connectivity index (χ0n) is 18.4. The van der Waals surface area contributed by atoms with E-state index in [2.05, 4.69) is 4.99 Å². The van der Waals surface area contributed by atoms with Gasteiger partial charge in [-0.05, 0) is 43.5 Å². The van der Waals surface area contributed by atoms with Crippen LogP contribution in [0.15, 0.2) is 70.9 Å². The summed E-state index contributed by atoms with van der Waals surface area (Å²) in [5, 5.41) is 0.445. The highest BCUT2D eigenvalue weighted by Crippen LogP contribution is 2.44. The van der Waals surface area contributed by atoms with E-state index in [0.717, 1.165) is 11.1 Å². The lowest BCUT2D eigenvalue weighted by atomic mass is 9.94. The first-order valence-electron chi connectivity index (χ1n) is 10.8. The van der Waals surface area contributed by atoms with E-state index >= 15 is 0 Å². The molecular formula is C25H26N2O4S. The number of thioether (sulfide) groups is 1. The standard InChI is InChI=1S/C25H26N2O4S/c1-4-20-23(28)27-22(21(24(29)30-5-2)16(3)26-25(27)32-20)18-11-13-19(14-12-18)31-15-17-9-7-6-8-10-17/h6-14,20,22H,4-5,15H2,1-3H3. The fourth-order valence-corrected chi connectivity index (χ4v) is 5.00. The van der Waals surface area contributed by atoms with Crippen LogP contribution in [0.1, 0.15) is 44.4 Å². The van der Waals surface area contributed by atoms with E-state index < -0.39 is 12.0 Å². The molecule has 4 rings (SSSR count). The summed E-state index contributed by atoms with van der Waals surface area (Å²) in [6.07, 6.45) is 0.700. The smallest absolute Gasteiger partial charge is 0.338 e. The molecule has 0 N–H and O–H groups in total. The Morgan fingerprint density at radius 2 is 1.81 bits per heavy atom. The van der Waals surface area contributed by atoms with Crippen molar-refractivity contribution < 1.29 is 19.1 Å². The second-order valence-corrected chi connectivity index (χ2v) is 8.75. The Hall–Kier alpha value is -3.06. The van der Waals surface area contributed by atoms with Gasteiger partial charge >= 0.3 is 5.97 Å². The lowest BCUT2D eigenvalue weighted by Gasteiger charge is -2.33. The molecule has 2 unspecified atom stereocenters. The van der Waals surface area contributed by atoms with Crippen molar-refractivity contribution in [1.82, 2.24) is 4.90 Å². The van der Waals surface area contributed by atoms with E-state index in [1.807, 2.05) is 61.5 Å². The Labute approximate surface area is 192 Å². The van der Waals surface area contributed by atoms with Crippen LogP contribution in [0.5, 0.6) is 5.75 Å². The van der Waals surface area contributed by atoms with E-state index in [4.69, 9.17) is 9.47 Å². The van der Waals surface area contributed by atoms with Crippen LogP contribution in [0.25, 0.3) is 0 Å². The van der Waals surface area contributed by atoms with Gasteiger partial charge in [0, 0.05) is 0 Å². The second kappa shape index (κ2) is 9.61. The van der Waals surface area contributed by atoms with Crippen LogP contribution in [0.4, 0.5) is 0 Å². The molecule has 0 radical (unpaired) electrons. The Morgan fingerprint density at radius 1 is 1.09 bits per heavy atom. The third kappa shape index (κ3) is 4.30. The first-order valence-corrected chi connectivity index (χ1v) is 11.6. The number of nitrogens with zero attached hydrogens (tertiary/aromatic N) is 2. The van der Waals surface area contributed by atoms with Crippen LogP contribution < -0.4 is 4.74 Å². The molecule has 2 aromatic carbocycles. The molecule has 2 aliphatic rings. The fourth-order valence-electron chi connectivity index (χ4n) is 3.86. The van der Waals surface area contributed by atoms with Crippen molar-refractivity contribution >= 4 is 28.8 Å². The minimum atomic E-state index is -0.568. The number of hydrogen-bond acceptors (Lipinski definition) is 6. The van der Waals surface area contributed by atoms with Gasteiger partial charge in [-0.2, -0.15) is 0 Å². The number of rotatable bonds is 7. The second-order valence-electron chi connectivity index (χ2n) is 7.58. The van der Waals surface area contributed by atoms with Gasteiger partial charge < -0.3 is 9.47 Å². The van der Waals surface area contributed by atoms with Gasteiger partial charge in [0.05, 0.1) is 29.2 Å². The predicted octanol–water partition coefficient (Wildman–Crippen LogP) is 4.87. The van der Waals surface area contributed by atoms with Gasteiger partial charge in [0.25, 0.3) is 0 Å². The van der Waals surface area contributed by atoms with Gasteiger partial charge in [0.15, 0.2) is 5.17 Å². The number of aliphatic imine (C=N–C) groups is 1. The SMILES string of the molecule is CCOC(=O)C1=C(C)N=C2SC(CC)C(=O)N2C1c1ccc(OCc2ccccc2)cc1. The molecule has 1 saturated heterocycles. The molecular weight excluding hydrogens is 424 g/mol. The molecule has 2 heterocycles. The Bertz CT molecular complexity index is 1060. The van der Waals surface area contributed by atoms with Crippen molar-refractivity contribution in [2.45, 2.75) is 45.1 Å². The van der Waals surface area contributed by atoms with Crippen LogP contribution in [0.2, 0.25) is 0 Å². The van der Waals surface area contributed by atoms with Crippen LogP contribution in [-0.2, 0) is 20.9 Å². The van der Waals surface area contributed by atoms with Crippen molar-refractivity contribution in [3.05, 3.63) is 77.0 Å². The van der Waals surface area contributed by atoms with Crippen LogP contribution >= 0.6 is 11.8 Å². The van der Waals surface area contributed by atoms with Crippen molar-refractivity contribution in [1.29, 1.82) is 0 Å². The molecule has 0 bridgehead atoms. The highest BCUT2D eigenvalue weighted by Gasteiger charge is 2.47. The molecule has 2 atom stereocenters. The molecule has 2 aromatic rings. The Morgan fingerprint density at radius 3 is 2.47 bits per heavy atom. The Balaban J connectivity index is 1.64. The van der Waals surface area contributed by atoms with Gasteiger partial charge in [0.2, 0.25) is 5.91 Å². The zero-order valence-corrected chi connectivity index (χ0v) is 19.2. The molecule has 32 heavy (non-hydrogen) atoms. The molecule has 0 spiro atoms. The lowest BCUT2D eigenvalue weighted by molar-refractivity contribution is -0.139. The minimum Gasteiger partial charge on any atom is -0.489 e. The number of carbonyl (C=O) groups is 2. The lowest BCUT2D eigenvalue weighted by Crippen LogP contribution is -2.40. The van der Waals surface area contributed by atoms with Crippen LogP contribution in [0, 0.1) is 0 Å². The number of allylic oxidation sites excluding steroid dienone is 1. The van der Waals surface area contributed by atoms with Gasteiger partial charge in [-0.1, -0.05) is 61.2 Å². The highest BCUT2D eigenvalue weighted by atomic mass is 32.2. The minimum absolute atomic E-state index is 0.0278. The van der Waals surface area contributed by atoms with Gasteiger partial charge in [-0.3, -0.25) is 9.69 Å². The van der Waals surface area contributed by atoms with E-state index in [1.54, 1.807) is 18.7 Å². The molecule has 0 saturated carbocycles. The fraction of sp³-hybridized carbons (Fsp3) is 0.320. The van der Waals surface area contributed by atoms with E-state index in [9.17, 15) is 9.59 Å². The van der Waals surface area contributed by atoms with Crippen molar-refractivity contribution in [3.8, 4) is 5.75 Å². The summed E-state index contributed by atoms with van der Waals surface area (Å²) in [6.45, 7) is 6.27. The summed E-state index contributed by atoms with van der Waals surface area (Å²) < 4.78 is 11.2. The predicted molar refractivity (Wildman–Crippen MR) is 125 cm³/mol. The highest BCUT2D eigenvalue weighted by molar-refractivity contribution is 8.15. The topological polar surface area (TPSA) is 68.2 Å². The number of benzene rings is 2.